The molecule has 1 aliphatic rings. The number of hydrogen-bond acceptors (Lipinski definition) is 3. The third kappa shape index (κ3) is 6.04. The fraction of sp³-hybridized carbons (Fsp3) is 0.333. The minimum absolute atomic E-state index is 0.0381. The summed E-state index contributed by atoms with van der Waals surface area (Å²) in [6.45, 7) is 6.67. The highest BCUT2D eigenvalue weighted by Crippen LogP contribution is 2.39. The fourth-order valence-corrected chi connectivity index (χ4v) is 4.69. The lowest BCUT2D eigenvalue weighted by atomic mass is 9.78. The van der Waals surface area contributed by atoms with Crippen LogP contribution in [0.2, 0.25) is 0 Å². The fourth-order valence-electron chi connectivity index (χ4n) is 4.69. The van der Waals surface area contributed by atoms with Crippen LogP contribution >= 0.6 is 0 Å². The Morgan fingerprint density at radius 3 is 2.22 bits per heavy atom. The van der Waals surface area contributed by atoms with Gasteiger partial charge < -0.3 is 14.2 Å². The molecule has 0 spiro atoms. The molecule has 1 saturated carbocycles. The van der Waals surface area contributed by atoms with Gasteiger partial charge in [0.15, 0.2) is 23.2 Å². The number of benzene rings is 3. The van der Waals surface area contributed by atoms with Crippen molar-refractivity contribution < 1.29 is 27.4 Å². The van der Waals surface area contributed by atoms with Crippen molar-refractivity contribution in [1.29, 1.82) is 0 Å². The molecule has 0 atom stereocenters. The van der Waals surface area contributed by atoms with E-state index < -0.39 is 17.5 Å². The summed E-state index contributed by atoms with van der Waals surface area (Å²) < 4.78 is 60.7. The lowest BCUT2D eigenvalue weighted by Crippen LogP contribution is -2.20. The maximum Gasteiger partial charge on any atom is 0.168 e. The van der Waals surface area contributed by atoms with Gasteiger partial charge >= 0.3 is 0 Å². The zero-order chi connectivity index (χ0) is 25.5. The van der Waals surface area contributed by atoms with Gasteiger partial charge in [-0.1, -0.05) is 36.9 Å². The first kappa shape index (κ1) is 25.7. The molecule has 0 heterocycles. The van der Waals surface area contributed by atoms with Crippen molar-refractivity contribution in [3.05, 3.63) is 90.3 Å². The summed E-state index contributed by atoms with van der Waals surface area (Å²) in [5, 5.41) is 0. The number of halogens is 3. The summed E-state index contributed by atoms with van der Waals surface area (Å²) in [5.74, 6) is -0.534. The van der Waals surface area contributed by atoms with Crippen molar-refractivity contribution in [2.45, 2.75) is 38.5 Å². The molecule has 4 rings (SSSR count). The van der Waals surface area contributed by atoms with Gasteiger partial charge in [-0.05, 0) is 79.8 Å². The summed E-state index contributed by atoms with van der Waals surface area (Å²) in [6, 6.07) is 14.9. The smallest absolute Gasteiger partial charge is 0.168 e. The van der Waals surface area contributed by atoms with E-state index in [9.17, 15) is 8.78 Å². The highest BCUT2D eigenvalue weighted by molar-refractivity contribution is 5.65. The molecule has 3 aromatic rings. The Labute approximate surface area is 210 Å². The Morgan fingerprint density at radius 2 is 1.56 bits per heavy atom. The molecule has 190 valence electrons. The molecule has 0 N–H and O–H groups in total. The lowest BCUT2D eigenvalue weighted by molar-refractivity contribution is 0.198. The Morgan fingerprint density at radius 1 is 0.833 bits per heavy atom. The number of ether oxygens (including phenoxy) is 3. The second kappa shape index (κ2) is 12.0. The van der Waals surface area contributed by atoms with Gasteiger partial charge in [0.1, 0.15) is 18.1 Å². The topological polar surface area (TPSA) is 27.7 Å². The van der Waals surface area contributed by atoms with E-state index in [0.29, 0.717) is 35.8 Å². The van der Waals surface area contributed by atoms with Crippen molar-refractivity contribution in [1.82, 2.24) is 0 Å². The molecule has 0 amide bonds. The predicted molar refractivity (Wildman–Crippen MR) is 135 cm³/mol. The van der Waals surface area contributed by atoms with Gasteiger partial charge in [-0.25, -0.2) is 13.2 Å². The Bertz CT molecular complexity index is 1170. The van der Waals surface area contributed by atoms with Crippen LogP contribution in [0.1, 0.15) is 44.1 Å². The van der Waals surface area contributed by atoms with Crippen molar-refractivity contribution in [3.63, 3.8) is 0 Å². The lowest BCUT2D eigenvalue weighted by Gasteiger charge is -2.29. The third-order valence-electron chi connectivity index (χ3n) is 6.62. The minimum atomic E-state index is -0.815. The number of hydrogen-bond donors (Lipinski definition) is 0. The average molecular weight is 497 g/mol. The van der Waals surface area contributed by atoms with E-state index >= 15 is 4.39 Å². The molecule has 36 heavy (non-hydrogen) atoms. The van der Waals surface area contributed by atoms with Crippen LogP contribution in [0.25, 0.3) is 11.1 Å². The van der Waals surface area contributed by atoms with Crippen molar-refractivity contribution in [2.75, 3.05) is 19.8 Å². The summed E-state index contributed by atoms with van der Waals surface area (Å²) in [7, 11) is 0. The third-order valence-corrected chi connectivity index (χ3v) is 6.62. The normalized spacial score (nSPS) is 17.4. The summed E-state index contributed by atoms with van der Waals surface area (Å²) in [5.41, 5.74) is 1.28. The summed E-state index contributed by atoms with van der Waals surface area (Å²) in [4.78, 5) is 0. The first-order chi connectivity index (χ1) is 17.5. The molecule has 0 bridgehead atoms. The van der Waals surface area contributed by atoms with Crippen molar-refractivity contribution >= 4 is 0 Å². The monoisotopic (exact) mass is 496 g/mol. The van der Waals surface area contributed by atoms with E-state index in [1.165, 1.54) is 6.07 Å². The highest BCUT2D eigenvalue weighted by Gasteiger charge is 2.27. The predicted octanol–water partition coefficient (Wildman–Crippen LogP) is 8.09. The van der Waals surface area contributed by atoms with E-state index in [-0.39, 0.29) is 29.8 Å². The molecule has 3 nitrogen and oxygen atoms in total. The van der Waals surface area contributed by atoms with Crippen LogP contribution in [-0.2, 0) is 0 Å². The van der Waals surface area contributed by atoms with E-state index in [4.69, 9.17) is 14.2 Å². The van der Waals surface area contributed by atoms with Gasteiger partial charge in [0.05, 0.1) is 13.2 Å². The maximum atomic E-state index is 15.1. The molecule has 3 aromatic carbocycles. The molecule has 0 aromatic heterocycles. The second-order valence-corrected chi connectivity index (χ2v) is 9.01. The van der Waals surface area contributed by atoms with Crippen LogP contribution in [0.4, 0.5) is 13.2 Å². The zero-order valence-electron chi connectivity index (χ0n) is 20.4. The summed E-state index contributed by atoms with van der Waals surface area (Å²) in [6.07, 6.45) is 4.70. The molecule has 6 heteroatoms. The molecular weight excluding hydrogens is 465 g/mol. The van der Waals surface area contributed by atoms with Crippen LogP contribution in [0.3, 0.4) is 0 Å². The number of rotatable bonds is 10. The van der Waals surface area contributed by atoms with Crippen LogP contribution in [0.15, 0.2) is 67.3 Å². The standard InChI is InChI=1S/C30H31F3O3/c1-3-17-35-28-16-13-24(18-27(28)31)36-19-20-5-7-21(8-6-20)25-14-15-26(30(33)29(25)32)22-9-11-23(12-10-22)34-4-2/h3,9-16,18,20-21H,1,4-8,17,19H2,2H3. The minimum Gasteiger partial charge on any atom is -0.494 e. The van der Waals surface area contributed by atoms with Gasteiger partial charge in [-0.15, -0.1) is 0 Å². The van der Waals surface area contributed by atoms with E-state index in [2.05, 4.69) is 6.58 Å². The first-order valence-corrected chi connectivity index (χ1v) is 12.4. The molecule has 0 saturated heterocycles. The van der Waals surface area contributed by atoms with Gasteiger partial charge in [-0.2, -0.15) is 0 Å². The van der Waals surface area contributed by atoms with E-state index in [1.54, 1.807) is 54.6 Å². The van der Waals surface area contributed by atoms with Crippen molar-refractivity contribution in [3.8, 4) is 28.4 Å². The quantitative estimate of drug-likeness (QED) is 0.266. The highest BCUT2D eigenvalue weighted by atomic mass is 19.2. The van der Waals surface area contributed by atoms with Crippen LogP contribution in [-0.4, -0.2) is 19.8 Å². The Balaban J connectivity index is 1.33. The molecule has 1 aliphatic carbocycles. The molecule has 1 fully saturated rings. The first-order valence-electron chi connectivity index (χ1n) is 12.4. The van der Waals surface area contributed by atoms with Gasteiger partial charge in [0.25, 0.3) is 0 Å². The Hall–Kier alpha value is -3.41. The largest absolute Gasteiger partial charge is 0.494 e. The van der Waals surface area contributed by atoms with Gasteiger partial charge in [0.2, 0.25) is 0 Å². The van der Waals surface area contributed by atoms with Crippen LogP contribution in [0.5, 0.6) is 17.2 Å². The van der Waals surface area contributed by atoms with Crippen molar-refractivity contribution in [2.24, 2.45) is 5.92 Å². The Kier molecular flexibility index (Phi) is 8.57. The molecule has 0 aliphatic heterocycles. The summed E-state index contributed by atoms with van der Waals surface area (Å²) >= 11 is 0. The molecular formula is C30H31F3O3. The SMILES string of the molecule is C=CCOc1ccc(OCC2CCC(c3ccc(-c4ccc(OCC)cc4)c(F)c3F)CC2)cc1F. The zero-order valence-corrected chi connectivity index (χ0v) is 20.4. The molecule has 0 unspecified atom stereocenters. The average Bonchev–Trinajstić information content (AvgIpc) is 2.90. The van der Waals surface area contributed by atoms with Gasteiger partial charge in [0, 0.05) is 11.6 Å². The van der Waals surface area contributed by atoms with Crippen LogP contribution in [0, 0.1) is 23.4 Å². The van der Waals surface area contributed by atoms with Crippen LogP contribution < -0.4 is 14.2 Å². The molecule has 0 radical (unpaired) electrons. The van der Waals surface area contributed by atoms with E-state index in [0.717, 1.165) is 25.7 Å². The second-order valence-electron chi connectivity index (χ2n) is 9.01. The van der Waals surface area contributed by atoms with E-state index in [1.807, 2.05) is 6.92 Å². The maximum absolute atomic E-state index is 15.1. The van der Waals surface area contributed by atoms with Gasteiger partial charge in [-0.3, -0.25) is 0 Å².